The van der Waals surface area contributed by atoms with E-state index < -0.39 is 0 Å². The maximum atomic E-state index is 12.9. The summed E-state index contributed by atoms with van der Waals surface area (Å²) in [6.45, 7) is 6.38. The molecule has 2 atom stereocenters. The number of H-pyrrole nitrogens is 1. The van der Waals surface area contributed by atoms with Gasteiger partial charge in [0.15, 0.2) is 0 Å². The molecule has 3 saturated heterocycles. The normalized spacial score (nSPS) is 28.0. The molecular formula is C19H30N4O. The summed E-state index contributed by atoms with van der Waals surface area (Å²) in [4.78, 5) is 17.7. The van der Waals surface area contributed by atoms with Crippen LogP contribution in [0.1, 0.15) is 61.6 Å². The number of nitrogens with zero attached hydrogens (tertiary/aromatic N) is 3. The number of hydrogen-bond donors (Lipinski definition) is 1. The minimum absolute atomic E-state index is 0.121. The molecule has 1 saturated carbocycles. The largest absolute Gasteiger partial charge is 0.335 e. The van der Waals surface area contributed by atoms with Crippen LogP contribution in [-0.4, -0.2) is 58.1 Å². The van der Waals surface area contributed by atoms with Gasteiger partial charge < -0.3 is 4.90 Å². The summed E-state index contributed by atoms with van der Waals surface area (Å²) in [5.41, 5.74) is 1.68. The molecule has 4 aliphatic rings. The Morgan fingerprint density at radius 1 is 1.25 bits per heavy atom. The zero-order chi connectivity index (χ0) is 16.5. The molecule has 0 unspecified atom stereocenters. The van der Waals surface area contributed by atoms with Gasteiger partial charge in [0.2, 0.25) is 0 Å². The highest BCUT2D eigenvalue weighted by atomic mass is 16.2. The lowest BCUT2D eigenvalue weighted by molar-refractivity contribution is 0.0712. The van der Waals surface area contributed by atoms with Crippen molar-refractivity contribution in [2.24, 2.45) is 11.8 Å². The van der Waals surface area contributed by atoms with E-state index in [4.69, 9.17) is 0 Å². The van der Waals surface area contributed by atoms with Crippen molar-refractivity contribution < 1.29 is 4.79 Å². The summed E-state index contributed by atoms with van der Waals surface area (Å²) in [6.07, 6.45) is 8.78. The summed E-state index contributed by atoms with van der Waals surface area (Å²) in [5.74, 6) is 1.68. The quantitative estimate of drug-likeness (QED) is 0.903. The van der Waals surface area contributed by atoms with Crippen LogP contribution in [0.25, 0.3) is 0 Å². The molecule has 24 heavy (non-hydrogen) atoms. The van der Waals surface area contributed by atoms with E-state index in [1.54, 1.807) is 0 Å². The number of nitrogens with one attached hydrogen (secondary N) is 1. The topological polar surface area (TPSA) is 52.2 Å². The van der Waals surface area contributed by atoms with Gasteiger partial charge in [-0.1, -0.05) is 19.8 Å². The minimum atomic E-state index is 0.121. The highest BCUT2D eigenvalue weighted by Crippen LogP contribution is 2.33. The monoisotopic (exact) mass is 330 g/mol. The first-order valence-electron chi connectivity index (χ1n) is 9.80. The third-order valence-electron chi connectivity index (χ3n) is 6.20. The molecule has 0 aromatic carbocycles. The van der Waals surface area contributed by atoms with E-state index in [1.807, 2.05) is 6.07 Å². The average molecular weight is 330 g/mol. The summed E-state index contributed by atoms with van der Waals surface area (Å²) in [5, 5.41) is 7.29. The van der Waals surface area contributed by atoms with Crippen LogP contribution in [0.5, 0.6) is 0 Å². The fraction of sp³-hybridized carbons (Fsp3) is 0.789. The van der Waals surface area contributed by atoms with Crippen LogP contribution in [0.2, 0.25) is 0 Å². The molecule has 2 bridgehead atoms. The molecular weight excluding hydrogens is 300 g/mol. The molecule has 1 N–H and O–H groups in total. The fourth-order valence-electron chi connectivity index (χ4n) is 4.61. The van der Waals surface area contributed by atoms with Crippen LogP contribution in [0.15, 0.2) is 6.07 Å². The number of carbonyl (C=O) groups is 1. The van der Waals surface area contributed by atoms with Crippen molar-refractivity contribution in [2.75, 3.05) is 26.2 Å². The molecule has 5 nitrogen and oxygen atoms in total. The second-order valence-corrected chi connectivity index (χ2v) is 8.09. The van der Waals surface area contributed by atoms with E-state index in [2.05, 4.69) is 26.9 Å². The van der Waals surface area contributed by atoms with Crippen LogP contribution in [0.4, 0.5) is 0 Å². The van der Waals surface area contributed by atoms with Crippen molar-refractivity contribution in [2.45, 2.75) is 57.9 Å². The molecule has 1 aliphatic carbocycles. The van der Waals surface area contributed by atoms with Crippen LogP contribution < -0.4 is 0 Å². The predicted molar refractivity (Wildman–Crippen MR) is 93.9 cm³/mol. The highest BCUT2D eigenvalue weighted by molar-refractivity contribution is 5.92. The van der Waals surface area contributed by atoms with Gasteiger partial charge in [-0.05, 0) is 50.0 Å². The Morgan fingerprint density at radius 3 is 2.88 bits per heavy atom. The van der Waals surface area contributed by atoms with E-state index >= 15 is 0 Å². The van der Waals surface area contributed by atoms with Crippen LogP contribution in [0.3, 0.4) is 0 Å². The number of carbonyl (C=O) groups excluding carboxylic acids is 1. The Hall–Kier alpha value is -1.36. The predicted octanol–water partition coefficient (Wildman–Crippen LogP) is 2.70. The van der Waals surface area contributed by atoms with Gasteiger partial charge in [0.25, 0.3) is 5.91 Å². The number of aryl methyl sites for hydroxylation is 1. The fourth-order valence-corrected chi connectivity index (χ4v) is 4.61. The lowest BCUT2D eigenvalue weighted by Crippen LogP contribution is -2.47. The number of fused-ring (bicyclic) bond motifs is 4. The SMILES string of the molecule is CCCc1cc(C(=O)N2C[C@@H]3CC[C@H](C2)N(CC2CCC2)C3)n[nH]1. The number of aromatic amines is 1. The van der Waals surface area contributed by atoms with Gasteiger partial charge in [0, 0.05) is 37.9 Å². The molecule has 4 heterocycles. The first kappa shape index (κ1) is 16.1. The van der Waals surface area contributed by atoms with Crippen molar-refractivity contribution in [3.8, 4) is 0 Å². The maximum Gasteiger partial charge on any atom is 0.274 e. The molecule has 5 rings (SSSR count). The van der Waals surface area contributed by atoms with Gasteiger partial charge >= 0.3 is 0 Å². The number of hydrogen-bond acceptors (Lipinski definition) is 3. The Bertz CT molecular complexity index is 580. The molecule has 5 heteroatoms. The lowest BCUT2D eigenvalue weighted by Gasteiger charge is -2.40. The van der Waals surface area contributed by atoms with Crippen molar-refractivity contribution >= 4 is 5.91 Å². The van der Waals surface area contributed by atoms with E-state index in [9.17, 15) is 4.79 Å². The first-order valence-corrected chi connectivity index (χ1v) is 9.80. The summed E-state index contributed by atoms with van der Waals surface area (Å²) in [7, 11) is 0. The van der Waals surface area contributed by atoms with Gasteiger partial charge in [-0.25, -0.2) is 0 Å². The van der Waals surface area contributed by atoms with Crippen molar-refractivity contribution in [3.63, 3.8) is 0 Å². The highest BCUT2D eigenvalue weighted by Gasteiger charge is 2.38. The van der Waals surface area contributed by atoms with Crippen molar-refractivity contribution in [1.29, 1.82) is 0 Å². The molecule has 132 valence electrons. The smallest absolute Gasteiger partial charge is 0.274 e. The molecule has 3 aliphatic heterocycles. The zero-order valence-electron chi connectivity index (χ0n) is 14.8. The van der Waals surface area contributed by atoms with Crippen LogP contribution in [-0.2, 0) is 6.42 Å². The number of rotatable bonds is 5. The van der Waals surface area contributed by atoms with Crippen LogP contribution >= 0.6 is 0 Å². The number of piperidine rings is 1. The molecule has 4 fully saturated rings. The van der Waals surface area contributed by atoms with Crippen molar-refractivity contribution in [3.05, 3.63) is 17.5 Å². The summed E-state index contributed by atoms with van der Waals surface area (Å²) in [6, 6.07) is 2.51. The second-order valence-electron chi connectivity index (χ2n) is 8.09. The number of amides is 1. The lowest BCUT2D eigenvalue weighted by atomic mass is 9.83. The first-order chi connectivity index (χ1) is 11.7. The van der Waals surface area contributed by atoms with E-state index in [1.165, 1.54) is 45.2 Å². The number of aromatic nitrogens is 2. The maximum absolute atomic E-state index is 12.9. The van der Waals surface area contributed by atoms with E-state index in [0.717, 1.165) is 37.5 Å². The van der Waals surface area contributed by atoms with Gasteiger partial charge in [-0.15, -0.1) is 0 Å². The van der Waals surface area contributed by atoms with Gasteiger partial charge in [0.1, 0.15) is 5.69 Å². The Labute approximate surface area is 144 Å². The van der Waals surface area contributed by atoms with Gasteiger partial charge in [0.05, 0.1) is 0 Å². The Kier molecular flexibility index (Phi) is 4.61. The Balaban J connectivity index is 1.43. The van der Waals surface area contributed by atoms with E-state index in [-0.39, 0.29) is 5.91 Å². The standard InChI is InChI=1S/C19H30N4O/c1-2-4-16-9-18(21-20-16)19(24)23-12-15-7-8-17(13-23)22(11-15)10-14-5-3-6-14/h9,14-15,17H,2-8,10-13H2,1H3,(H,20,21)/t15-,17-/m1/s1. The van der Waals surface area contributed by atoms with Crippen LogP contribution in [0, 0.1) is 11.8 Å². The summed E-state index contributed by atoms with van der Waals surface area (Å²) >= 11 is 0. The zero-order valence-corrected chi connectivity index (χ0v) is 14.8. The van der Waals surface area contributed by atoms with Gasteiger partial charge in [-0.3, -0.25) is 14.8 Å². The third kappa shape index (κ3) is 3.23. The summed E-state index contributed by atoms with van der Waals surface area (Å²) < 4.78 is 0. The molecule has 1 amide bonds. The second kappa shape index (κ2) is 6.87. The third-order valence-corrected chi connectivity index (χ3v) is 6.20. The van der Waals surface area contributed by atoms with Gasteiger partial charge in [-0.2, -0.15) is 5.10 Å². The molecule has 0 spiro atoms. The molecule has 0 radical (unpaired) electrons. The Morgan fingerprint density at radius 2 is 2.12 bits per heavy atom. The molecule has 1 aromatic rings. The molecule has 1 aromatic heterocycles. The van der Waals surface area contributed by atoms with Crippen molar-refractivity contribution in [1.82, 2.24) is 20.0 Å². The minimum Gasteiger partial charge on any atom is -0.335 e. The average Bonchev–Trinajstić information content (AvgIpc) is 2.82. The van der Waals surface area contributed by atoms with E-state index in [0.29, 0.717) is 17.7 Å².